The number of amides is 1. The number of allylic oxidation sites excluding steroid dienone is 1. The SMILES string of the molecule is C=CCC1CNC(=O)c2cc(B3OC(C)(C)C(C)(C)O3)[nH]c21. The van der Waals surface area contributed by atoms with E-state index in [-0.39, 0.29) is 11.8 Å². The number of nitrogens with one attached hydrogen (secondary N) is 2. The van der Waals surface area contributed by atoms with Crippen molar-refractivity contribution in [3.05, 3.63) is 30.0 Å². The van der Waals surface area contributed by atoms with Crippen LogP contribution in [0.25, 0.3) is 0 Å². The molecular formula is C16H23BN2O3. The lowest BCUT2D eigenvalue weighted by molar-refractivity contribution is 0.00578. The molecule has 0 spiro atoms. The first-order chi connectivity index (χ1) is 10.2. The maximum Gasteiger partial charge on any atom is 0.512 e. The van der Waals surface area contributed by atoms with Crippen molar-refractivity contribution in [3.63, 3.8) is 0 Å². The van der Waals surface area contributed by atoms with E-state index < -0.39 is 18.3 Å². The van der Waals surface area contributed by atoms with Crippen molar-refractivity contribution in [1.82, 2.24) is 10.3 Å². The molecule has 0 radical (unpaired) electrons. The van der Waals surface area contributed by atoms with E-state index in [0.29, 0.717) is 12.1 Å². The van der Waals surface area contributed by atoms with Crippen LogP contribution in [0.15, 0.2) is 18.7 Å². The molecule has 1 amide bonds. The predicted octanol–water partition coefficient (Wildman–Crippen LogP) is 1.72. The molecule has 1 aromatic heterocycles. The number of hydrogen-bond acceptors (Lipinski definition) is 3. The summed E-state index contributed by atoms with van der Waals surface area (Å²) in [7, 11) is -0.479. The smallest absolute Gasteiger partial charge is 0.398 e. The molecule has 22 heavy (non-hydrogen) atoms. The number of fused-ring (bicyclic) bond motifs is 1. The zero-order valence-corrected chi connectivity index (χ0v) is 13.7. The molecule has 2 N–H and O–H groups in total. The highest BCUT2D eigenvalue weighted by Gasteiger charge is 2.52. The summed E-state index contributed by atoms with van der Waals surface area (Å²) in [4.78, 5) is 15.4. The van der Waals surface area contributed by atoms with Crippen molar-refractivity contribution >= 4 is 18.6 Å². The Morgan fingerprint density at radius 2 is 2.00 bits per heavy atom. The molecule has 2 aliphatic heterocycles. The highest BCUT2D eigenvalue weighted by Crippen LogP contribution is 2.37. The summed E-state index contributed by atoms with van der Waals surface area (Å²) in [5.41, 5.74) is 1.64. The monoisotopic (exact) mass is 302 g/mol. The van der Waals surface area contributed by atoms with Gasteiger partial charge in [-0.2, -0.15) is 0 Å². The summed E-state index contributed by atoms with van der Waals surface area (Å²) in [6.45, 7) is 12.5. The molecule has 5 nitrogen and oxygen atoms in total. The van der Waals surface area contributed by atoms with Crippen molar-refractivity contribution in [3.8, 4) is 0 Å². The van der Waals surface area contributed by atoms with Gasteiger partial charge in [0.1, 0.15) is 0 Å². The number of rotatable bonds is 3. The van der Waals surface area contributed by atoms with Gasteiger partial charge in [0.15, 0.2) is 0 Å². The summed E-state index contributed by atoms with van der Waals surface area (Å²) < 4.78 is 12.1. The van der Waals surface area contributed by atoms with Gasteiger partial charge in [-0.15, -0.1) is 6.58 Å². The molecule has 1 fully saturated rings. The zero-order valence-electron chi connectivity index (χ0n) is 13.7. The normalized spacial score (nSPS) is 25.7. The van der Waals surface area contributed by atoms with Gasteiger partial charge in [0.25, 0.3) is 5.91 Å². The first kappa shape index (κ1) is 15.4. The fraction of sp³-hybridized carbons (Fsp3) is 0.562. The van der Waals surface area contributed by atoms with E-state index >= 15 is 0 Å². The van der Waals surface area contributed by atoms with Crippen LogP contribution in [-0.4, -0.2) is 35.8 Å². The average molecular weight is 302 g/mol. The molecule has 6 heteroatoms. The Bertz CT molecular complexity index is 605. The molecule has 1 atom stereocenters. The van der Waals surface area contributed by atoms with Crippen molar-refractivity contribution in [2.45, 2.75) is 51.2 Å². The number of aromatic amines is 1. The van der Waals surface area contributed by atoms with Gasteiger partial charge in [0, 0.05) is 23.7 Å². The minimum atomic E-state index is -0.479. The highest BCUT2D eigenvalue weighted by atomic mass is 16.7. The van der Waals surface area contributed by atoms with Crippen molar-refractivity contribution in [2.75, 3.05) is 6.54 Å². The second-order valence-corrected chi connectivity index (χ2v) is 7.07. The van der Waals surface area contributed by atoms with Gasteiger partial charge in [-0.05, 0) is 40.2 Å². The van der Waals surface area contributed by atoms with Gasteiger partial charge in [0.2, 0.25) is 0 Å². The molecule has 0 bridgehead atoms. The lowest BCUT2D eigenvalue weighted by Crippen LogP contribution is -2.41. The summed E-state index contributed by atoms with van der Waals surface area (Å²) in [5.74, 6) is 0.177. The van der Waals surface area contributed by atoms with Gasteiger partial charge in [-0.3, -0.25) is 4.79 Å². The number of carbonyl (C=O) groups excluding carboxylic acids is 1. The number of H-pyrrole nitrogens is 1. The molecule has 2 aliphatic rings. The molecule has 1 unspecified atom stereocenters. The summed E-state index contributed by atoms with van der Waals surface area (Å²) in [6, 6.07) is 1.85. The van der Waals surface area contributed by atoms with Crippen LogP contribution >= 0.6 is 0 Å². The lowest BCUT2D eigenvalue weighted by atomic mass is 9.85. The van der Waals surface area contributed by atoms with Crippen molar-refractivity contribution in [2.24, 2.45) is 0 Å². The molecule has 0 saturated carbocycles. The standard InChI is InChI=1S/C16H23BN2O3/c1-6-7-10-9-18-14(20)11-8-12(19-13(10)11)17-21-15(2,3)16(4,5)22-17/h6,8,10,19H,1,7,9H2,2-5H3,(H,18,20). The first-order valence-corrected chi connectivity index (χ1v) is 7.73. The zero-order chi connectivity index (χ0) is 16.1. The highest BCUT2D eigenvalue weighted by molar-refractivity contribution is 6.61. The third-order valence-electron chi connectivity index (χ3n) is 4.99. The van der Waals surface area contributed by atoms with Crippen LogP contribution in [0.5, 0.6) is 0 Å². The maximum absolute atomic E-state index is 12.1. The second kappa shape index (κ2) is 5.00. The molecule has 0 aliphatic carbocycles. The predicted molar refractivity (Wildman–Crippen MR) is 86.4 cm³/mol. The molecular weight excluding hydrogens is 279 g/mol. The topological polar surface area (TPSA) is 63.4 Å². The molecule has 118 valence electrons. The summed E-state index contributed by atoms with van der Waals surface area (Å²) in [6.07, 6.45) is 2.69. The quantitative estimate of drug-likeness (QED) is 0.660. The third kappa shape index (κ3) is 2.30. The Morgan fingerprint density at radius 1 is 1.36 bits per heavy atom. The van der Waals surface area contributed by atoms with Gasteiger partial charge in [-0.1, -0.05) is 6.08 Å². The molecule has 0 aromatic carbocycles. The Labute approximate surface area is 131 Å². The van der Waals surface area contributed by atoms with Crippen molar-refractivity contribution in [1.29, 1.82) is 0 Å². The number of carbonyl (C=O) groups is 1. The summed E-state index contributed by atoms with van der Waals surface area (Å²) >= 11 is 0. The molecule has 1 aromatic rings. The summed E-state index contributed by atoms with van der Waals surface area (Å²) in [5, 5.41) is 2.92. The van der Waals surface area contributed by atoms with Gasteiger partial charge in [-0.25, -0.2) is 0 Å². The fourth-order valence-corrected chi connectivity index (χ4v) is 2.91. The van der Waals surface area contributed by atoms with Gasteiger partial charge < -0.3 is 19.6 Å². The number of aromatic nitrogens is 1. The van der Waals surface area contributed by atoms with E-state index in [1.807, 2.05) is 39.8 Å². The van der Waals surface area contributed by atoms with Crippen molar-refractivity contribution < 1.29 is 14.1 Å². The molecule has 3 heterocycles. The average Bonchev–Trinajstić information content (AvgIpc) is 2.94. The Morgan fingerprint density at radius 3 is 2.59 bits per heavy atom. The van der Waals surface area contributed by atoms with Crippen LogP contribution in [0.3, 0.4) is 0 Å². The maximum atomic E-state index is 12.1. The van der Waals surface area contributed by atoms with Crippen LogP contribution < -0.4 is 10.9 Å². The largest absolute Gasteiger partial charge is 0.512 e. The van der Waals surface area contributed by atoms with E-state index in [4.69, 9.17) is 9.31 Å². The molecule has 1 saturated heterocycles. The lowest BCUT2D eigenvalue weighted by Gasteiger charge is -2.32. The minimum Gasteiger partial charge on any atom is -0.398 e. The van der Waals surface area contributed by atoms with E-state index in [0.717, 1.165) is 17.7 Å². The minimum absolute atomic E-state index is 0.0469. The Balaban J connectivity index is 1.93. The first-order valence-electron chi connectivity index (χ1n) is 7.73. The van der Waals surface area contributed by atoms with Crippen LogP contribution in [0.1, 0.15) is 56.1 Å². The van der Waals surface area contributed by atoms with E-state index in [1.54, 1.807) is 0 Å². The third-order valence-corrected chi connectivity index (χ3v) is 4.99. The van der Waals surface area contributed by atoms with E-state index in [9.17, 15) is 4.79 Å². The van der Waals surface area contributed by atoms with Crippen LogP contribution in [0.2, 0.25) is 0 Å². The number of hydrogen-bond donors (Lipinski definition) is 2. The second-order valence-electron chi connectivity index (χ2n) is 7.07. The molecule has 3 rings (SSSR count). The van der Waals surface area contributed by atoms with E-state index in [2.05, 4.69) is 16.9 Å². The van der Waals surface area contributed by atoms with Crippen LogP contribution in [-0.2, 0) is 9.31 Å². The van der Waals surface area contributed by atoms with Gasteiger partial charge >= 0.3 is 7.12 Å². The van der Waals surface area contributed by atoms with Crippen LogP contribution in [0.4, 0.5) is 0 Å². The van der Waals surface area contributed by atoms with Gasteiger partial charge in [0.05, 0.1) is 16.8 Å². The van der Waals surface area contributed by atoms with E-state index in [1.165, 1.54) is 0 Å². The Hall–Kier alpha value is -1.53. The Kier molecular flexibility index (Phi) is 3.49. The fourth-order valence-electron chi connectivity index (χ4n) is 2.91. The van der Waals surface area contributed by atoms with Crippen LogP contribution in [0, 0.1) is 0 Å².